The lowest BCUT2D eigenvalue weighted by molar-refractivity contribution is -0.116. The van der Waals surface area contributed by atoms with Gasteiger partial charge >= 0.3 is 0 Å². The van der Waals surface area contributed by atoms with Crippen LogP contribution in [0.15, 0.2) is 55.2 Å². The van der Waals surface area contributed by atoms with E-state index in [1.54, 1.807) is 0 Å². The molecule has 1 fully saturated rings. The number of anilines is 1. The molecule has 31 heavy (non-hydrogen) atoms. The second kappa shape index (κ2) is 9.34. The lowest BCUT2D eigenvalue weighted by Gasteiger charge is -2.17. The van der Waals surface area contributed by atoms with E-state index in [0.29, 0.717) is 18.3 Å². The first-order valence-corrected chi connectivity index (χ1v) is 11.3. The zero-order chi connectivity index (χ0) is 21.8. The normalized spacial score (nSPS) is 14.0. The highest BCUT2D eigenvalue weighted by atomic mass is 16.1. The Balaban J connectivity index is 1.58. The molecule has 1 amide bonds. The average Bonchev–Trinajstić information content (AvgIpc) is 3.27. The monoisotopic (exact) mass is 413 g/mol. The van der Waals surface area contributed by atoms with Gasteiger partial charge in [-0.2, -0.15) is 0 Å². The fourth-order valence-electron chi connectivity index (χ4n) is 4.33. The highest BCUT2D eigenvalue weighted by Crippen LogP contribution is 2.30. The summed E-state index contributed by atoms with van der Waals surface area (Å²) in [6.45, 7) is 8.43. The van der Waals surface area contributed by atoms with Gasteiger partial charge in [0.25, 0.3) is 0 Å². The van der Waals surface area contributed by atoms with Crippen LogP contribution < -0.4 is 10.6 Å². The van der Waals surface area contributed by atoms with Crippen LogP contribution in [0.25, 0.3) is 27.6 Å². The van der Waals surface area contributed by atoms with Crippen LogP contribution in [-0.4, -0.2) is 16.9 Å². The van der Waals surface area contributed by atoms with Gasteiger partial charge in [-0.25, -0.2) is 4.98 Å². The molecule has 0 bridgehead atoms. The fourth-order valence-corrected chi connectivity index (χ4v) is 4.33. The van der Waals surface area contributed by atoms with E-state index in [2.05, 4.69) is 65.5 Å². The zero-order valence-electron chi connectivity index (χ0n) is 18.5. The quantitative estimate of drug-likeness (QED) is 0.468. The first kappa shape index (κ1) is 21.1. The predicted molar refractivity (Wildman–Crippen MR) is 130 cm³/mol. The predicted octanol–water partition coefficient (Wildman–Crippen LogP) is 6.45. The summed E-state index contributed by atoms with van der Waals surface area (Å²) in [5.41, 5.74) is 5.73. The van der Waals surface area contributed by atoms with Crippen molar-refractivity contribution in [3.8, 4) is 11.1 Å². The van der Waals surface area contributed by atoms with Gasteiger partial charge in [-0.1, -0.05) is 50.6 Å². The highest BCUT2D eigenvalue weighted by Gasteiger charge is 2.16. The molecule has 1 heterocycles. The number of carbonyl (C=O) groups is 1. The maximum absolute atomic E-state index is 11.9. The summed E-state index contributed by atoms with van der Waals surface area (Å²) >= 11 is 0. The summed E-state index contributed by atoms with van der Waals surface area (Å²) < 4.78 is 0. The van der Waals surface area contributed by atoms with Crippen molar-refractivity contribution < 1.29 is 4.79 Å². The van der Waals surface area contributed by atoms with Crippen molar-refractivity contribution in [2.24, 2.45) is 0 Å². The van der Waals surface area contributed by atoms with E-state index < -0.39 is 0 Å². The van der Waals surface area contributed by atoms with Gasteiger partial charge in [-0.3, -0.25) is 4.79 Å². The van der Waals surface area contributed by atoms with Gasteiger partial charge in [-0.15, -0.1) is 0 Å². The molecule has 1 aromatic heterocycles. The molecule has 0 aliphatic heterocycles. The van der Waals surface area contributed by atoms with Crippen LogP contribution in [0.3, 0.4) is 0 Å². The van der Waals surface area contributed by atoms with Crippen LogP contribution >= 0.6 is 0 Å². The summed E-state index contributed by atoms with van der Waals surface area (Å²) in [6.07, 6.45) is 8.24. The third kappa shape index (κ3) is 4.96. The summed E-state index contributed by atoms with van der Waals surface area (Å²) in [7, 11) is 0. The Labute approximate surface area is 184 Å². The largest absolute Gasteiger partial charge is 0.382 e. The van der Waals surface area contributed by atoms with E-state index in [-0.39, 0.29) is 5.91 Å². The van der Waals surface area contributed by atoms with Crippen LogP contribution in [0.2, 0.25) is 0 Å². The van der Waals surface area contributed by atoms with Gasteiger partial charge in [0.05, 0.1) is 0 Å². The third-order valence-corrected chi connectivity index (χ3v) is 6.10. The molecule has 4 nitrogen and oxygen atoms in total. The van der Waals surface area contributed by atoms with Gasteiger partial charge < -0.3 is 10.6 Å². The van der Waals surface area contributed by atoms with Gasteiger partial charge in [0.1, 0.15) is 5.82 Å². The number of amides is 1. The Kier molecular flexibility index (Phi) is 6.36. The van der Waals surface area contributed by atoms with Crippen LogP contribution in [0.4, 0.5) is 5.82 Å². The zero-order valence-corrected chi connectivity index (χ0v) is 18.5. The summed E-state index contributed by atoms with van der Waals surface area (Å²) in [4.78, 5) is 16.3. The number of pyridine rings is 1. The Morgan fingerprint density at radius 2 is 1.90 bits per heavy atom. The molecule has 160 valence electrons. The number of fused-ring (bicyclic) bond motifs is 1. The van der Waals surface area contributed by atoms with Crippen molar-refractivity contribution in [1.82, 2.24) is 10.3 Å². The lowest BCUT2D eigenvalue weighted by Crippen LogP contribution is -2.23. The molecule has 3 aromatic rings. The molecule has 2 N–H and O–H groups in total. The minimum Gasteiger partial charge on any atom is -0.382 e. The van der Waals surface area contributed by atoms with Crippen LogP contribution in [0.5, 0.6) is 0 Å². The number of benzene rings is 2. The Bertz CT molecular complexity index is 1110. The molecule has 1 aliphatic carbocycles. The number of nitrogens with one attached hydrogen (secondary N) is 2. The molecule has 0 spiro atoms. The molecule has 1 saturated carbocycles. The first-order chi connectivity index (χ1) is 15.0. The molecule has 4 heteroatoms. The topological polar surface area (TPSA) is 54.0 Å². The Morgan fingerprint density at radius 1 is 1.10 bits per heavy atom. The highest BCUT2D eigenvalue weighted by molar-refractivity contribution is 5.94. The maximum Gasteiger partial charge on any atom is 0.225 e. The van der Waals surface area contributed by atoms with E-state index >= 15 is 0 Å². The number of aryl methyl sites for hydroxylation is 1. The lowest BCUT2D eigenvalue weighted by atomic mass is 9.95. The van der Waals surface area contributed by atoms with Crippen LogP contribution in [0, 0.1) is 6.92 Å². The second-order valence-corrected chi connectivity index (χ2v) is 8.56. The summed E-state index contributed by atoms with van der Waals surface area (Å²) in [5.74, 6) is 0.607. The maximum atomic E-state index is 11.9. The molecule has 4 rings (SSSR count). The summed E-state index contributed by atoms with van der Waals surface area (Å²) in [6, 6.07) is 15.4. The van der Waals surface area contributed by atoms with E-state index in [4.69, 9.17) is 0 Å². The second-order valence-electron chi connectivity index (χ2n) is 8.56. The molecule has 0 atom stereocenters. The number of rotatable bonds is 7. The molecule has 0 unspecified atom stereocenters. The molecule has 1 aliphatic rings. The van der Waals surface area contributed by atoms with Crippen molar-refractivity contribution in [2.45, 2.75) is 58.4 Å². The standard InChI is InChI=1S/C27H31N3O/c1-4-7-27(31)30-26-16-21-12-13-22(14-23(21)17-28-26)25-15-20(11-10-18(25)2)19(3)29-24-8-5-6-9-24/h10-17,24,29H,3-9H2,1-2H3,(H,28,30,31). The Hall–Kier alpha value is -3.14. The van der Waals surface area contributed by atoms with Crippen molar-refractivity contribution in [3.63, 3.8) is 0 Å². The summed E-state index contributed by atoms with van der Waals surface area (Å²) in [5, 5.41) is 8.60. The van der Waals surface area contributed by atoms with Gasteiger partial charge in [0, 0.05) is 29.7 Å². The molecular formula is C27H31N3O. The molecule has 2 aromatic carbocycles. The number of aromatic nitrogens is 1. The number of carbonyl (C=O) groups excluding carboxylic acids is 1. The van der Waals surface area contributed by atoms with E-state index in [9.17, 15) is 4.79 Å². The number of nitrogens with zero attached hydrogens (tertiary/aromatic N) is 1. The fraction of sp³-hybridized carbons (Fsp3) is 0.333. The Morgan fingerprint density at radius 3 is 2.68 bits per heavy atom. The minimum atomic E-state index is 0.00449. The van der Waals surface area contributed by atoms with Crippen LogP contribution in [0.1, 0.15) is 56.6 Å². The SMILES string of the molecule is C=C(NC1CCCC1)c1ccc(C)c(-c2ccc3cc(NC(=O)CCC)ncc3c2)c1. The van der Waals surface area contributed by atoms with Gasteiger partial charge in [0.2, 0.25) is 5.91 Å². The van der Waals surface area contributed by atoms with Crippen molar-refractivity contribution in [3.05, 3.63) is 66.4 Å². The van der Waals surface area contributed by atoms with Gasteiger partial charge in [-0.05, 0) is 72.0 Å². The van der Waals surface area contributed by atoms with Gasteiger partial charge in [0.15, 0.2) is 0 Å². The first-order valence-electron chi connectivity index (χ1n) is 11.3. The smallest absolute Gasteiger partial charge is 0.225 e. The minimum absolute atomic E-state index is 0.00449. The van der Waals surface area contributed by atoms with E-state index in [0.717, 1.165) is 34.0 Å². The van der Waals surface area contributed by atoms with Crippen LogP contribution in [-0.2, 0) is 4.79 Å². The van der Waals surface area contributed by atoms with Crippen molar-refractivity contribution in [1.29, 1.82) is 0 Å². The van der Waals surface area contributed by atoms with Crippen molar-refractivity contribution >= 4 is 28.2 Å². The molecule has 0 saturated heterocycles. The van der Waals surface area contributed by atoms with E-state index in [1.807, 2.05) is 19.2 Å². The van der Waals surface area contributed by atoms with Crippen molar-refractivity contribution in [2.75, 3.05) is 5.32 Å². The number of hydrogen-bond acceptors (Lipinski definition) is 3. The molecule has 0 radical (unpaired) electrons. The van der Waals surface area contributed by atoms with E-state index in [1.165, 1.54) is 36.8 Å². The third-order valence-electron chi connectivity index (χ3n) is 6.10. The average molecular weight is 414 g/mol. The number of hydrogen-bond donors (Lipinski definition) is 2. The molecular weight excluding hydrogens is 382 g/mol.